The van der Waals surface area contributed by atoms with E-state index in [1.54, 1.807) is 6.20 Å². The molecule has 0 aliphatic heterocycles. The molecule has 0 saturated heterocycles. The number of hydrogen-bond acceptors (Lipinski definition) is 2. The number of allylic oxidation sites excluding steroid dienone is 1. The van der Waals surface area contributed by atoms with Gasteiger partial charge in [0.2, 0.25) is 5.91 Å². The number of carbonyl (C=O) groups excluding carboxylic acids is 2. The summed E-state index contributed by atoms with van der Waals surface area (Å²) in [4.78, 5) is 22.3. The number of amides is 1. The van der Waals surface area contributed by atoms with E-state index in [0.717, 1.165) is 22.2 Å². The lowest BCUT2D eigenvalue weighted by Crippen LogP contribution is -2.14. The zero-order chi connectivity index (χ0) is 14.0. The van der Waals surface area contributed by atoms with Crippen LogP contribution in [0.4, 0.5) is 0 Å². The molecule has 2 rings (SSSR count). The van der Waals surface area contributed by atoms with E-state index in [4.69, 9.17) is 5.73 Å². The number of hydrogen-bond donors (Lipinski definition) is 1. The van der Waals surface area contributed by atoms with Gasteiger partial charge in [-0.25, -0.2) is 0 Å². The van der Waals surface area contributed by atoms with Gasteiger partial charge in [-0.15, -0.1) is 0 Å². The van der Waals surface area contributed by atoms with Crippen LogP contribution in [0.5, 0.6) is 0 Å². The minimum Gasteiger partial charge on any atom is -0.369 e. The maximum absolute atomic E-state index is 11.2. The summed E-state index contributed by atoms with van der Waals surface area (Å²) in [5.74, 6) is -0.379. The first-order valence-corrected chi connectivity index (χ1v) is 6.06. The Labute approximate surface area is 111 Å². The number of primary amides is 1. The van der Waals surface area contributed by atoms with Crippen molar-refractivity contribution in [3.63, 3.8) is 0 Å². The third-order valence-corrected chi connectivity index (χ3v) is 3.10. The number of aromatic nitrogens is 1. The number of carbonyl (C=O) groups is 2. The van der Waals surface area contributed by atoms with Gasteiger partial charge < -0.3 is 10.3 Å². The minimum atomic E-state index is -0.360. The van der Waals surface area contributed by atoms with Gasteiger partial charge in [0, 0.05) is 17.3 Å². The standard InChI is InChI=1S/C15H16N2O2/c1-10(18)7-8-17-11(2)13(9-15(16)19)12-5-3-4-6-14(12)17/h3-8H,9H2,1-2H3,(H2,16,19). The molecule has 0 aliphatic carbocycles. The molecule has 4 heteroatoms. The van der Waals surface area contributed by atoms with E-state index in [1.807, 2.05) is 35.8 Å². The highest BCUT2D eigenvalue weighted by molar-refractivity contribution is 5.94. The van der Waals surface area contributed by atoms with Crippen LogP contribution in [-0.4, -0.2) is 16.3 Å². The monoisotopic (exact) mass is 256 g/mol. The number of nitrogens with zero attached hydrogens (tertiary/aromatic N) is 1. The first-order chi connectivity index (χ1) is 9.00. The molecule has 2 aromatic rings. The van der Waals surface area contributed by atoms with Crippen molar-refractivity contribution in [2.24, 2.45) is 5.73 Å². The Hall–Kier alpha value is -2.36. The van der Waals surface area contributed by atoms with E-state index in [2.05, 4.69) is 0 Å². The number of nitrogens with two attached hydrogens (primary N) is 1. The van der Waals surface area contributed by atoms with E-state index in [-0.39, 0.29) is 18.1 Å². The lowest BCUT2D eigenvalue weighted by atomic mass is 10.1. The molecule has 0 unspecified atom stereocenters. The van der Waals surface area contributed by atoms with E-state index < -0.39 is 0 Å². The lowest BCUT2D eigenvalue weighted by molar-refractivity contribution is -0.117. The molecule has 1 heterocycles. The van der Waals surface area contributed by atoms with E-state index >= 15 is 0 Å². The largest absolute Gasteiger partial charge is 0.369 e. The minimum absolute atomic E-state index is 0.0198. The first-order valence-electron chi connectivity index (χ1n) is 6.06. The number of para-hydroxylation sites is 1. The highest BCUT2D eigenvalue weighted by Gasteiger charge is 2.13. The average Bonchev–Trinajstić information content (AvgIpc) is 2.60. The van der Waals surface area contributed by atoms with Gasteiger partial charge in [0.05, 0.1) is 11.9 Å². The number of benzene rings is 1. The molecule has 19 heavy (non-hydrogen) atoms. The van der Waals surface area contributed by atoms with Gasteiger partial charge in [-0.1, -0.05) is 18.2 Å². The zero-order valence-electron chi connectivity index (χ0n) is 11.0. The molecule has 1 aromatic carbocycles. The Balaban J connectivity index is 2.66. The second kappa shape index (κ2) is 5.10. The molecular formula is C15H16N2O2. The van der Waals surface area contributed by atoms with Crippen LogP contribution in [0, 0.1) is 6.92 Å². The van der Waals surface area contributed by atoms with Crippen molar-refractivity contribution >= 4 is 28.8 Å². The third kappa shape index (κ3) is 2.57. The summed E-state index contributed by atoms with van der Waals surface area (Å²) in [6.45, 7) is 3.42. The van der Waals surface area contributed by atoms with Crippen LogP contribution < -0.4 is 5.73 Å². The SMILES string of the molecule is CC(=O)C=Cn1c(C)c(CC(N)=O)c2ccccc21. The maximum atomic E-state index is 11.2. The highest BCUT2D eigenvalue weighted by atomic mass is 16.1. The van der Waals surface area contributed by atoms with Crippen LogP contribution in [0.2, 0.25) is 0 Å². The molecule has 0 radical (unpaired) electrons. The zero-order valence-corrected chi connectivity index (χ0v) is 11.0. The number of fused-ring (bicyclic) bond motifs is 1. The predicted molar refractivity (Wildman–Crippen MR) is 75.6 cm³/mol. The van der Waals surface area contributed by atoms with Crippen LogP contribution in [0.15, 0.2) is 30.3 Å². The number of ketones is 1. The summed E-state index contributed by atoms with van der Waals surface area (Å²) in [6, 6.07) is 7.76. The topological polar surface area (TPSA) is 65.1 Å². The van der Waals surface area contributed by atoms with Crippen molar-refractivity contribution in [1.29, 1.82) is 0 Å². The van der Waals surface area contributed by atoms with Gasteiger partial charge in [-0.05, 0) is 31.6 Å². The fourth-order valence-electron chi connectivity index (χ4n) is 2.23. The van der Waals surface area contributed by atoms with Gasteiger partial charge in [0.15, 0.2) is 5.78 Å². The van der Waals surface area contributed by atoms with Crippen molar-refractivity contribution in [3.8, 4) is 0 Å². The van der Waals surface area contributed by atoms with Crippen molar-refractivity contribution in [2.45, 2.75) is 20.3 Å². The molecule has 98 valence electrons. The molecule has 0 spiro atoms. The molecule has 1 amide bonds. The van der Waals surface area contributed by atoms with Crippen LogP contribution in [0.3, 0.4) is 0 Å². The second-order valence-electron chi connectivity index (χ2n) is 4.52. The second-order valence-corrected chi connectivity index (χ2v) is 4.52. The third-order valence-electron chi connectivity index (χ3n) is 3.10. The smallest absolute Gasteiger partial charge is 0.221 e. The van der Waals surface area contributed by atoms with E-state index in [0.29, 0.717) is 0 Å². The van der Waals surface area contributed by atoms with E-state index in [1.165, 1.54) is 13.0 Å². The van der Waals surface area contributed by atoms with Crippen molar-refractivity contribution in [1.82, 2.24) is 4.57 Å². The Kier molecular flexibility index (Phi) is 3.51. The summed E-state index contributed by atoms with van der Waals surface area (Å²) in [6.07, 6.45) is 3.44. The summed E-state index contributed by atoms with van der Waals surface area (Å²) >= 11 is 0. The summed E-state index contributed by atoms with van der Waals surface area (Å²) in [5, 5.41) is 0.993. The van der Waals surface area contributed by atoms with Gasteiger partial charge in [0.1, 0.15) is 0 Å². The molecular weight excluding hydrogens is 240 g/mol. The van der Waals surface area contributed by atoms with Crippen molar-refractivity contribution < 1.29 is 9.59 Å². The van der Waals surface area contributed by atoms with Gasteiger partial charge in [-0.2, -0.15) is 0 Å². The average molecular weight is 256 g/mol. The molecule has 1 aromatic heterocycles. The molecule has 2 N–H and O–H groups in total. The molecule has 0 saturated carbocycles. The number of rotatable bonds is 4. The normalized spacial score (nSPS) is 11.3. The van der Waals surface area contributed by atoms with Crippen molar-refractivity contribution in [2.75, 3.05) is 0 Å². The molecule has 0 bridgehead atoms. The molecule has 0 fully saturated rings. The van der Waals surface area contributed by atoms with Crippen LogP contribution in [0.25, 0.3) is 17.1 Å². The Morgan fingerprint density at radius 1 is 1.32 bits per heavy atom. The van der Waals surface area contributed by atoms with Gasteiger partial charge >= 0.3 is 0 Å². The Morgan fingerprint density at radius 2 is 2.00 bits per heavy atom. The van der Waals surface area contributed by atoms with Gasteiger partial charge in [0.25, 0.3) is 0 Å². The summed E-state index contributed by atoms with van der Waals surface area (Å²) < 4.78 is 1.91. The summed E-state index contributed by atoms with van der Waals surface area (Å²) in [5.41, 5.74) is 8.10. The Morgan fingerprint density at radius 3 is 2.63 bits per heavy atom. The summed E-state index contributed by atoms with van der Waals surface area (Å²) in [7, 11) is 0. The first kappa shape index (κ1) is 13.1. The fourth-order valence-corrected chi connectivity index (χ4v) is 2.23. The van der Waals surface area contributed by atoms with Crippen LogP contribution in [-0.2, 0) is 16.0 Å². The van der Waals surface area contributed by atoms with Gasteiger partial charge in [-0.3, -0.25) is 9.59 Å². The highest BCUT2D eigenvalue weighted by Crippen LogP contribution is 2.26. The molecule has 0 atom stereocenters. The maximum Gasteiger partial charge on any atom is 0.221 e. The quantitative estimate of drug-likeness (QED) is 0.851. The van der Waals surface area contributed by atoms with E-state index in [9.17, 15) is 9.59 Å². The van der Waals surface area contributed by atoms with Crippen molar-refractivity contribution in [3.05, 3.63) is 41.6 Å². The molecule has 0 aliphatic rings. The lowest BCUT2D eigenvalue weighted by Gasteiger charge is -2.01. The van der Waals surface area contributed by atoms with Crippen LogP contribution >= 0.6 is 0 Å². The predicted octanol–water partition coefficient (Wildman–Crippen LogP) is 2.04. The van der Waals surface area contributed by atoms with Crippen LogP contribution in [0.1, 0.15) is 18.2 Å². The Bertz CT molecular complexity index is 681. The molecule has 4 nitrogen and oxygen atoms in total. The fraction of sp³-hybridized carbons (Fsp3) is 0.200.